The number of likely N-dealkylation sites (tertiary alicyclic amines) is 1. The number of benzene rings is 2. The number of halogens is 1. The summed E-state index contributed by atoms with van der Waals surface area (Å²) in [5.41, 5.74) is 3.41. The van der Waals surface area contributed by atoms with Gasteiger partial charge >= 0.3 is 0 Å². The predicted molar refractivity (Wildman–Crippen MR) is 132 cm³/mol. The van der Waals surface area contributed by atoms with Crippen LogP contribution in [-0.4, -0.2) is 44.9 Å². The number of imidazole rings is 1. The Bertz CT molecular complexity index is 1270. The summed E-state index contributed by atoms with van der Waals surface area (Å²) in [7, 11) is 1.96. The number of aromatic nitrogens is 3. The van der Waals surface area contributed by atoms with Crippen LogP contribution in [0.25, 0.3) is 21.3 Å². The van der Waals surface area contributed by atoms with Gasteiger partial charge in [0.1, 0.15) is 0 Å². The molecule has 8 heteroatoms. The average Bonchev–Trinajstić information content (AvgIpc) is 3.34. The fraction of sp³-hybridized carbons (Fsp3) is 0.375. The Hall–Kier alpha value is -2.48. The van der Waals surface area contributed by atoms with Crippen LogP contribution in [0.2, 0.25) is 5.02 Å². The summed E-state index contributed by atoms with van der Waals surface area (Å²) in [5.74, 6) is 0.881. The number of nitrogens with zero attached hydrogens (tertiary/aromatic N) is 4. The number of piperidine rings is 1. The standard InChI is InChI=1S/C24H26ClN5OS/c1-29-20-10-7-16(21(31)6-5-13-30-11-3-2-4-12-30)14-19(20)26-23(29)28-24-27-18-9-8-17(25)15-22(18)32-24/h7-10,14-15H,2-6,11-13H2,1H3,(H,26,27,28). The van der Waals surface area contributed by atoms with Gasteiger partial charge in [-0.05, 0) is 75.3 Å². The lowest BCUT2D eigenvalue weighted by atomic mass is 10.0. The summed E-state index contributed by atoms with van der Waals surface area (Å²) in [6, 6.07) is 11.5. The first-order valence-electron chi connectivity index (χ1n) is 11.1. The second kappa shape index (κ2) is 9.17. The SMILES string of the molecule is Cn1c(Nc2nc3ccc(Cl)cc3s2)nc2cc(C(=O)CCCN3CCCCC3)ccc21. The number of carbonyl (C=O) groups is 1. The molecule has 32 heavy (non-hydrogen) atoms. The van der Waals surface area contributed by atoms with Crippen LogP contribution in [0.3, 0.4) is 0 Å². The van der Waals surface area contributed by atoms with Crippen molar-refractivity contribution >= 4 is 61.1 Å². The largest absolute Gasteiger partial charge is 0.313 e. The molecule has 1 saturated heterocycles. The monoisotopic (exact) mass is 467 g/mol. The van der Waals surface area contributed by atoms with E-state index >= 15 is 0 Å². The molecule has 0 aliphatic carbocycles. The van der Waals surface area contributed by atoms with Crippen LogP contribution in [0.5, 0.6) is 0 Å². The highest BCUT2D eigenvalue weighted by Crippen LogP contribution is 2.31. The van der Waals surface area contributed by atoms with E-state index in [1.54, 1.807) is 0 Å². The van der Waals surface area contributed by atoms with Crippen LogP contribution in [0.15, 0.2) is 36.4 Å². The third kappa shape index (κ3) is 4.51. The normalized spacial score (nSPS) is 14.9. The Kier molecular flexibility index (Phi) is 6.13. The molecule has 0 spiro atoms. The summed E-state index contributed by atoms with van der Waals surface area (Å²) in [4.78, 5) is 24.6. The molecule has 3 heterocycles. The van der Waals surface area contributed by atoms with Gasteiger partial charge < -0.3 is 14.8 Å². The third-order valence-electron chi connectivity index (χ3n) is 6.10. The van der Waals surface area contributed by atoms with E-state index in [-0.39, 0.29) is 5.78 Å². The molecule has 4 aromatic rings. The van der Waals surface area contributed by atoms with E-state index in [9.17, 15) is 4.79 Å². The molecule has 1 N–H and O–H groups in total. The zero-order chi connectivity index (χ0) is 22.1. The minimum absolute atomic E-state index is 0.187. The lowest BCUT2D eigenvalue weighted by Crippen LogP contribution is -2.30. The van der Waals surface area contributed by atoms with Crippen molar-refractivity contribution < 1.29 is 4.79 Å². The predicted octanol–water partition coefficient (Wildman–Crippen LogP) is 6.03. The molecule has 0 amide bonds. The minimum atomic E-state index is 0.187. The van der Waals surface area contributed by atoms with Gasteiger partial charge in [0.2, 0.25) is 5.95 Å². The highest BCUT2D eigenvalue weighted by atomic mass is 35.5. The number of hydrogen-bond donors (Lipinski definition) is 1. The van der Waals surface area contributed by atoms with Crippen molar-refractivity contribution in [3.63, 3.8) is 0 Å². The van der Waals surface area contributed by atoms with Gasteiger partial charge in [0, 0.05) is 24.1 Å². The number of ketones is 1. The highest BCUT2D eigenvalue weighted by Gasteiger charge is 2.15. The van der Waals surface area contributed by atoms with Crippen LogP contribution in [-0.2, 0) is 7.05 Å². The highest BCUT2D eigenvalue weighted by molar-refractivity contribution is 7.22. The minimum Gasteiger partial charge on any atom is -0.313 e. The molecule has 2 aromatic carbocycles. The van der Waals surface area contributed by atoms with Crippen molar-refractivity contribution in [3.8, 4) is 0 Å². The summed E-state index contributed by atoms with van der Waals surface area (Å²) >= 11 is 7.63. The van der Waals surface area contributed by atoms with Gasteiger partial charge in [-0.25, -0.2) is 9.97 Å². The quantitative estimate of drug-likeness (QED) is 0.336. The van der Waals surface area contributed by atoms with Crippen LogP contribution in [0.4, 0.5) is 11.1 Å². The molecule has 0 saturated carbocycles. The molecule has 5 rings (SSSR count). The maximum Gasteiger partial charge on any atom is 0.209 e. The molecular formula is C24H26ClN5OS. The zero-order valence-corrected chi connectivity index (χ0v) is 19.7. The second-order valence-corrected chi connectivity index (χ2v) is 9.85. The van der Waals surface area contributed by atoms with E-state index in [0.29, 0.717) is 17.4 Å². The molecule has 6 nitrogen and oxygen atoms in total. The van der Waals surface area contributed by atoms with Gasteiger partial charge in [-0.1, -0.05) is 29.4 Å². The number of Topliss-reactive ketones (excluding diaryl/α,β-unsaturated/α-hetero) is 1. The van der Waals surface area contributed by atoms with Gasteiger partial charge in [-0.15, -0.1) is 0 Å². The van der Waals surface area contributed by atoms with Crippen molar-refractivity contribution in [2.75, 3.05) is 25.0 Å². The first-order chi connectivity index (χ1) is 15.6. The maximum absolute atomic E-state index is 12.8. The number of fused-ring (bicyclic) bond motifs is 2. The summed E-state index contributed by atoms with van der Waals surface area (Å²) in [6.07, 6.45) is 5.39. The van der Waals surface area contributed by atoms with E-state index in [1.165, 1.54) is 43.7 Å². The number of nitrogens with one attached hydrogen (secondary N) is 1. The summed E-state index contributed by atoms with van der Waals surface area (Å²) < 4.78 is 3.01. The van der Waals surface area contributed by atoms with Gasteiger partial charge in [-0.3, -0.25) is 4.79 Å². The maximum atomic E-state index is 12.8. The first kappa shape index (κ1) is 21.4. The summed E-state index contributed by atoms with van der Waals surface area (Å²) in [6.45, 7) is 3.36. The fourth-order valence-corrected chi connectivity index (χ4v) is 5.46. The van der Waals surface area contributed by atoms with Crippen molar-refractivity contribution in [2.45, 2.75) is 32.1 Å². The van der Waals surface area contributed by atoms with Crippen LogP contribution >= 0.6 is 22.9 Å². The number of hydrogen-bond acceptors (Lipinski definition) is 6. The Morgan fingerprint density at radius 1 is 1.09 bits per heavy atom. The van der Waals surface area contributed by atoms with E-state index in [1.807, 2.05) is 48.0 Å². The van der Waals surface area contributed by atoms with Gasteiger partial charge in [0.25, 0.3) is 0 Å². The third-order valence-corrected chi connectivity index (χ3v) is 7.27. The molecule has 1 fully saturated rings. The molecule has 0 bridgehead atoms. The number of aryl methyl sites for hydroxylation is 1. The smallest absolute Gasteiger partial charge is 0.209 e. The molecule has 166 valence electrons. The lowest BCUT2D eigenvalue weighted by molar-refractivity contribution is 0.0973. The average molecular weight is 468 g/mol. The van der Waals surface area contributed by atoms with E-state index in [4.69, 9.17) is 16.6 Å². The Balaban J connectivity index is 1.29. The Morgan fingerprint density at radius 3 is 2.78 bits per heavy atom. The van der Waals surface area contributed by atoms with Crippen molar-refractivity contribution in [1.29, 1.82) is 0 Å². The van der Waals surface area contributed by atoms with Crippen LogP contribution < -0.4 is 5.32 Å². The molecule has 0 radical (unpaired) electrons. The first-order valence-corrected chi connectivity index (χ1v) is 12.3. The zero-order valence-electron chi connectivity index (χ0n) is 18.1. The molecule has 0 atom stereocenters. The number of thiazole rings is 1. The topological polar surface area (TPSA) is 63.1 Å². The molecule has 1 aliphatic rings. The summed E-state index contributed by atoms with van der Waals surface area (Å²) in [5, 5.41) is 4.77. The molecule has 2 aromatic heterocycles. The number of rotatable bonds is 7. The number of carbonyl (C=O) groups excluding carboxylic acids is 1. The van der Waals surface area contributed by atoms with Crippen molar-refractivity contribution in [1.82, 2.24) is 19.4 Å². The van der Waals surface area contributed by atoms with Crippen molar-refractivity contribution in [3.05, 3.63) is 47.0 Å². The molecular weight excluding hydrogens is 442 g/mol. The van der Waals surface area contributed by atoms with Gasteiger partial charge in [0.15, 0.2) is 10.9 Å². The molecule has 1 aliphatic heterocycles. The lowest BCUT2D eigenvalue weighted by Gasteiger charge is -2.26. The Morgan fingerprint density at radius 2 is 1.94 bits per heavy atom. The molecule has 0 unspecified atom stereocenters. The van der Waals surface area contributed by atoms with Crippen molar-refractivity contribution in [2.24, 2.45) is 7.05 Å². The van der Waals surface area contributed by atoms with Crippen LogP contribution in [0.1, 0.15) is 42.5 Å². The van der Waals surface area contributed by atoms with E-state index < -0.39 is 0 Å². The van der Waals surface area contributed by atoms with Gasteiger partial charge in [-0.2, -0.15) is 0 Å². The number of anilines is 2. The second-order valence-electron chi connectivity index (χ2n) is 8.38. The Labute approximate surface area is 196 Å². The fourth-order valence-electron chi connectivity index (χ4n) is 4.32. The van der Waals surface area contributed by atoms with Gasteiger partial charge in [0.05, 0.1) is 21.3 Å². The van der Waals surface area contributed by atoms with Crippen LogP contribution in [0, 0.1) is 0 Å². The van der Waals surface area contributed by atoms with E-state index in [2.05, 4.69) is 15.2 Å². The van der Waals surface area contributed by atoms with E-state index in [0.717, 1.165) is 44.9 Å².